The van der Waals surface area contributed by atoms with Crippen LogP contribution in [0.4, 0.5) is 11.4 Å². The van der Waals surface area contributed by atoms with Crippen molar-refractivity contribution < 1.29 is 10.0 Å². The molecule has 1 aromatic rings. The molecule has 0 amide bonds. The molecule has 0 bridgehead atoms. The lowest BCUT2D eigenvalue weighted by Crippen LogP contribution is -2.53. The van der Waals surface area contributed by atoms with E-state index in [0.29, 0.717) is 9.49 Å². The Balaban J connectivity index is 1.79. The molecule has 0 aromatic heterocycles. The molecule has 1 N–H and O–H groups in total. The standard InChI is InChI=1S/C15H19IN2O3/c16-13-9-12(4-5-14(13)18(20)21)17-8-7-15(19)6-2-1-3-11(15)10-17/h4-5,9,11,19H,1-3,6-8,10H2. The first-order chi connectivity index (χ1) is 9.99. The van der Waals surface area contributed by atoms with E-state index in [1.807, 2.05) is 34.7 Å². The number of hydrogen-bond donors (Lipinski definition) is 1. The van der Waals surface area contributed by atoms with Crippen LogP contribution in [0.3, 0.4) is 0 Å². The maximum absolute atomic E-state index is 10.9. The number of aliphatic hydroxyl groups is 1. The van der Waals surface area contributed by atoms with Gasteiger partial charge in [-0.1, -0.05) is 12.8 Å². The molecule has 1 heterocycles. The van der Waals surface area contributed by atoms with Gasteiger partial charge in [0, 0.05) is 30.8 Å². The molecule has 1 aromatic carbocycles. The number of piperidine rings is 1. The van der Waals surface area contributed by atoms with E-state index in [2.05, 4.69) is 4.90 Å². The summed E-state index contributed by atoms with van der Waals surface area (Å²) in [5.74, 6) is 0.327. The fourth-order valence-electron chi connectivity index (χ4n) is 3.65. The number of hydrogen-bond acceptors (Lipinski definition) is 4. The quantitative estimate of drug-likeness (QED) is 0.468. The Morgan fingerprint density at radius 1 is 1.38 bits per heavy atom. The zero-order valence-electron chi connectivity index (χ0n) is 11.8. The number of nitro benzene ring substituents is 1. The minimum absolute atomic E-state index is 0.158. The topological polar surface area (TPSA) is 66.6 Å². The van der Waals surface area contributed by atoms with Gasteiger partial charge in [0.1, 0.15) is 0 Å². The second-order valence-electron chi connectivity index (χ2n) is 6.14. The van der Waals surface area contributed by atoms with Crippen molar-refractivity contribution in [3.05, 3.63) is 31.9 Å². The molecule has 5 nitrogen and oxygen atoms in total. The summed E-state index contributed by atoms with van der Waals surface area (Å²) in [6.45, 7) is 1.67. The highest BCUT2D eigenvalue weighted by atomic mass is 127. The summed E-state index contributed by atoms with van der Waals surface area (Å²) >= 11 is 2.02. The van der Waals surface area contributed by atoms with E-state index in [0.717, 1.165) is 44.5 Å². The summed E-state index contributed by atoms with van der Waals surface area (Å²) in [6, 6.07) is 5.29. The molecule has 3 rings (SSSR count). The molecule has 114 valence electrons. The number of benzene rings is 1. The summed E-state index contributed by atoms with van der Waals surface area (Å²) in [4.78, 5) is 12.8. The fourth-order valence-corrected chi connectivity index (χ4v) is 4.34. The van der Waals surface area contributed by atoms with Crippen molar-refractivity contribution in [2.45, 2.75) is 37.7 Å². The number of nitrogens with zero attached hydrogens (tertiary/aromatic N) is 2. The predicted octanol–water partition coefficient (Wildman–Crippen LogP) is 3.33. The molecule has 2 aliphatic rings. The van der Waals surface area contributed by atoms with Crippen molar-refractivity contribution in [3.8, 4) is 0 Å². The van der Waals surface area contributed by atoms with E-state index in [1.165, 1.54) is 6.42 Å². The lowest BCUT2D eigenvalue weighted by Gasteiger charge is -2.48. The van der Waals surface area contributed by atoms with E-state index in [-0.39, 0.29) is 10.6 Å². The van der Waals surface area contributed by atoms with Gasteiger partial charge in [-0.05, 0) is 54.0 Å². The Kier molecular flexibility index (Phi) is 4.09. The van der Waals surface area contributed by atoms with E-state index in [1.54, 1.807) is 6.07 Å². The van der Waals surface area contributed by atoms with Crippen LogP contribution < -0.4 is 4.90 Å². The van der Waals surface area contributed by atoms with Crippen LogP contribution in [0.15, 0.2) is 18.2 Å². The van der Waals surface area contributed by atoms with Crippen LogP contribution in [-0.4, -0.2) is 28.7 Å². The Bertz CT molecular complexity index is 566. The van der Waals surface area contributed by atoms with Crippen LogP contribution in [0.2, 0.25) is 0 Å². The number of rotatable bonds is 2. The second kappa shape index (κ2) is 5.72. The predicted molar refractivity (Wildman–Crippen MR) is 89.6 cm³/mol. The minimum Gasteiger partial charge on any atom is -0.389 e. The third kappa shape index (κ3) is 2.88. The molecule has 0 radical (unpaired) electrons. The van der Waals surface area contributed by atoms with Crippen molar-refractivity contribution in [2.24, 2.45) is 5.92 Å². The lowest BCUT2D eigenvalue weighted by atomic mass is 9.71. The van der Waals surface area contributed by atoms with E-state index in [4.69, 9.17) is 0 Å². The van der Waals surface area contributed by atoms with Crippen LogP contribution in [0, 0.1) is 19.6 Å². The Labute approximate surface area is 137 Å². The maximum atomic E-state index is 10.9. The second-order valence-corrected chi connectivity index (χ2v) is 7.30. The molecule has 2 unspecified atom stereocenters. The zero-order valence-corrected chi connectivity index (χ0v) is 14.0. The Morgan fingerprint density at radius 2 is 2.19 bits per heavy atom. The van der Waals surface area contributed by atoms with Crippen molar-refractivity contribution >= 4 is 34.0 Å². The van der Waals surface area contributed by atoms with Gasteiger partial charge in [0.25, 0.3) is 5.69 Å². The van der Waals surface area contributed by atoms with Gasteiger partial charge in [0.05, 0.1) is 14.1 Å². The Morgan fingerprint density at radius 3 is 2.90 bits per heavy atom. The highest BCUT2D eigenvalue weighted by molar-refractivity contribution is 14.1. The van der Waals surface area contributed by atoms with Gasteiger partial charge in [-0.3, -0.25) is 10.1 Å². The molecule has 21 heavy (non-hydrogen) atoms. The monoisotopic (exact) mass is 402 g/mol. The van der Waals surface area contributed by atoms with Crippen molar-refractivity contribution in [2.75, 3.05) is 18.0 Å². The van der Waals surface area contributed by atoms with Gasteiger partial charge in [-0.25, -0.2) is 0 Å². The van der Waals surface area contributed by atoms with Crippen LogP contribution in [-0.2, 0) is 0 Å². The van der Waals surface area contributed by atoms with Crippen LogP contribution in [0.5, 0.6) is 0 Å². The molecule has 1 aliphatic heterocycles. The molecule has 6 heteroatoms. The number of halogens is 1. The van der Waals surface area contributed by atoms with Crippen LogP contribution in [0.25, 0.3) is 0 Å². The first-order valence-electron chi connectivity index (χ1n) is 7.41. The highest BCUT2D eigenvalue weighted by Crippen LogP contribution is 2.41. The van der Waals surface area contributed by atoms with E-state index >= 15 is 0 Å². The number of fused-ring (bicyclic) bond motifs is 1. The number of nitro groups is 1. The van der Waals surface area contributed by atoms with Crippen molar-refractivity contribution in [1.29, 1.82) is 0 Å². The molecule has 1 saturated heterocycles. The third-order valence-corrected chi connectivity index (χ3v) is 5.78. The van der Waals surface area contributed by atoms with E-state index < -0.39 is 5.60 Å². The number of anilines is 1. The normalized spacial score (nSPS) is 29.0. The highest BCUT2D eigenvalue weighted by Gasteiger charge is 2.42. The van der Waals surface area contributed by atoms with Gasteiger partial charge in [0.15, 0.2) is 0 Å². The zero-order chi connectivity index (χ0) is 15.0. The summed E-state index contributed by atoms with van der Waals surface area (Å²) < 4.78 is 0.666. The van der Waals surface area contributed by atoms with Gasteiger partial charge < -0.3 is 10.0 Å². The van der Waals surface area contributed by atoms with Crippen molar-refractivity contribution in [1.82, 2.24) is 0 Å². The molecule has 2 atom stereocenters. The Hall–Kier alpha value is -0.890. The molecule has 1 saturated carbocycles. The first-order valence-corrected chi connectivity index (χ1v) is 8.49. The van der Waals surface area contributed by atoms with Crippen LogP contribution >= 0.6 is 22.6 Å². The molecule has 2 fully saturated rings. The SMILES string of the molecule is O=[N+]([O-])c1ccc(N2CCC3(O)CCCCC3C2)cc1I. The summed E-state index contributed by atoms with van der Waals surface area (Å²) in [5.41, 5.74) is 0.700. The molecule has 1 aliphatic carbocycles. The molecular weight excluding hydrogens is 383 g/mol. The summed E-state index contributed by atoms with van der Waals surface area (Å²) in [7, 11) is 0. The van der Waals surface area contributed by atoms with Gasteiger partial charge in [-0.15, -0.1) is 0 Å². The lowest BCUT2D eigenvalue weighted by molar-refractivity contribution is -0.385. The summed E-state index contributed by atoms with van der Waals surface area (Å²) in [5, 5.41) is 21.6. The first kappa shape index (κ1) is 15.0. The molecular formula is C15H19IN2O3. The molecule has 0 spiro atoms. The average Bonchev–Trinajstić information content (AvgIpc) is 2.45. The van der Waals surface area contributed by atoms with Gasteiger partial charge in [-0.2, -0.15) is 0 Å². The smallest absolute Gasteiger partial charge is 0.282 e. The summed E-state index contributed by atoms with van der Waals surface area (Å²) in [6.07, 6.45) is 5.12. The van der Waals surface area contributed by atoms with Crippen molar-refractivity contribution in [3.63, 3.8) is 0 Å². The largest absolute Gasteiger partial charge is 0.389 e. The fraction of sp³-hybridized carbons (Fsp3) is 0.600. The third-order valence-electron chi connectivity index (χ3n) is 4.92. The maximum Gasteiger partial charge on any atom is 0.282 e. The van der Waals surface area contributed by atoms with E-state index in [9.17, 15) is 15.2 Å². The van der Waals surface area contributed by atoms with Gasteiger partial charge >= 0.3 is 0 Å². The van der Waals surface area contributed by atoms with Crippen LogP contribution in [0.1, 0.15) is 32.1 Å². The minimum atomic E-state index is -0.483. The van der Waals surface area contributed by atoms with Gasteiger partial charge in [0.2, 0.25) is 0 Å². The average molecular weight is 402 g/mol.